The Kier molecular flexibility index (Phi) is 42.2. The van der Waals surface area contributed by atoms with E-state index in [0.29, 0.717) is 26.4 Å². The standard InChI is InChI=1S/2C13H27NO3.C12H25NO3.C11H23NO3/c2*1-6-14(7-2)10-8-9-11-16-12(15)17-13(3,4)5;1-6-13(5)9-7-8-10-15-11(14)16-12(2,3)4;1-11(2,3)15-10(13)14-9-7-6-8-12(4)5/h2*6-11H2,1-5H3;6-10H2,1-5H3;6-9H2,1-5H3. The summed E-state index contributed by atoms with van der Waals surface area (Å²) in [6, 6.07) is 0. The quantitative estimate of drug-likeness (QED) is 0.0484. The maximum atomic E-state index is 11.2. The molecule has 0 amide bonds. The SMILES string of the molecule is CCN(C)CCCCOC(=O)OC(C)(C)C.CCN(CC)CCCCOC(=O)OC(C)(C)C.CCN(CC)CCCCOC(=O)OC(C)(C)C.CN(C)CCCCOC(=O)OC(C)(C)C. The molecule has 0 aromatic heterocycles. The van der Waals surface area contributed by atoms with E-state index in [2.05, 4.69) is 61.3 Å². The second-order valence-electron chi connectivity index (χ2n) is 19.8. The Bertz CT molecular complexity index is 1110. The van der Waals surface area contributed by atoms with Crippen LogP contribution in [0.15, 0.2) is 0 Å². The zero-order valence-electron chi connectivity index (χ0n) is 45.5. The van der Waals surface area contributed by atoms with Crippen LogP contribution in [0.4, 0.5) is 19.2 Å². The van der Waals surface area contributed by atoms with Gasteiger partial charge in [-0.1, -0.05) is 34.6 Å². The lowest BCUT2D eigenvalue weighted by atomic mass is 10.2. The van der Waals surface area contributed by atoms with E-state index in [-0.39, 0.29) is 0 Å². The van der Waals surface area contributed by atoms with Gasteiger partial charge in [-0.15, -0.1) is 0 Å². The van der Waals surface area contributed by atoms with Gasteiger partial charge in [-0.3, -0.25) is 0 Å². The van der Waals surface area contributed by atoms with Crippen molar-refractivity contribution >= 4 is 24.6 Å². The van der Waals surface area contributed by atoms with Crippen LogP contribution in [0.2, 0.25) is 0 Å². The van der Waals surface area contributed by atoms with Gasteiger partial charge in [0.2, 0.25) is 0 Å². The second-order valence-corrected chi connectivity index (χ2v) is 19.8. The van der Waals surface area contributed by atoms with Crippen molar-refractivity contribution in [3.63, 3.8) is 0 Å². The van der Waals surface area contributed by atoms with Crippen molar-refractivity contribution in [3.8, 4) is 0 Å². The molecule has 0 aliphatic rings. The molecule has 0 saturated heterocycles. The highest BCUT2D eigenvalue weighted by Gasteiger charge is 2.19. The molecule has 0 atom stereocenters. The molecule has 0 N–H and O–H groups in total. The van der Waals surface area contributed by atoms with Crippen LogP contribution in [0.3, 0.4) is 0 Å². The number of carbonyl (C=O) groups is 4. The Morgan fingerprint density at radius 1 is 0.338 bits per heavy atom. The third-order valence-corrected chi connectivity index (χ3v) is 8.44. The monoisotopic (exact) mass is 939 g/mol. The van der Waals surface area contributed by atoms with Crippen molar-refractivity contribution in [2.45, 2.75) is 191 Å². The van der Waals surface area contributed by atoms with E-state index in [1.165, 1.54) is 0 Å². The third-order valence-electron chi connectivity index (χ3n) is 8.44. The van der Waals surface area contributed by atoms with Gasteiger partial charge in [-0.05, 0) is 214 Å². The predicted molar refractivity (Wildman–Crippen MR) is 263 cm³/mol. The molecule has 0 bridgehead atoms. The van der Waals surface area contributed by atoms with Crippen molar-refractivity contribution in [2.24, 2.45) is 0 Å². The summed E-state index contributed by atoms with van der Waals surface area (Å²) in [6.07, 6.45) is 5.38. The van der Waals surface area contributed by atoms with Crippen molar-refractivity contribution in [2.75, 3.05) is 106 Å². The smallest absolute Gasteiger partial charge is 0.434 e. The minimum Gasteiger partial charge on any atom is -0.434 e. The van der Waals surface area contributed by atoms with Gasteiger partial charge in [0.25, 0.3) is 0 Å². The molecule has 0 spiro atoms. The van der Waals surface area contributed by atoms with Gasteiger partial charge in [0.15, 0.2) is 0 Å². The summed E-state index contributed by atoms with van der Waals surface area (Å²) in [5.74, 6) is 0. The van der Waals surface area contributed by atoms with Crippen LogP contribution in [0.1, 0.15) is 169 Å². The zero-order chi connectivity index (χ0) is 51.1. The molecule has 65 heavy (non-hydrogen) atoms. The Balaban J connectivity index is -0.000000382. The van der Waals surface area contributed by atoms with Crippen LogP contribution in [-0.4, -0.2) is 173 Å². The fourth-order valence-corrected chi connectivity index (χ4v) is 4.87. The van der Waals surface area contributed by atoms with Gasteiger partial charge in [-0.2, -0.15) is 0 Å². The van der Waals surface area contributed by atoms with Gasteiger partial charge >= 0.3 is 24.6 Å². The van der Waals surface area contributed by atoms with Crippen molar-refractivity contribution < 1.29 is 57.1 Å². The predicted octanol–water partition coefficient (Wildman–Crippen LogP) is 11.1. The Labute approximate surface area is 398 Å². The lowest BCUT2D eigenvalue weighted by Gasteiger charge is -2.19. The number of hydrogen-bond donors (Lipinski definition) is 0. The molecule has 0 radical (unpaired) electrons. The Hall–Kier alpha value is -3.08. The van der Waals surface area contributed by atoms with Crippen LogP contribution in [-0.2, 0) is 37.9 Å². The van der Waals surface area contributed by atoms with Gasteiger partial charge in [-0.25, -0.2) is 19.2 Å². The highest BCUT2D eigenvalue weighted by atomic mass is 16.7. The number of unbranched alkanes of at least 4 members (excludes halogenated alkanes) is 4. The Morgan fingerprint density at radius 3 is 0.769 bits per heavy atom. The summed E-state index contributed by atoms with van der Waals surface area (Å²) < 4.78 is 39.9. The second kappa shape index (κ2) is 40.0. The molecule has 0 aromatic rings. The normalized spacial score (nSPS) is 11.6. The fourth-order valence-electron chi connectivity index (χ4n) is 4.87. The molecule has 0 saturated carbocycles. The maximum Gasteiger partial charge on any atom is 0.508 e. The third kappa shape index (κ3) is 60.9. The molecule has 0 aliphatic heterocycles. The number of carbonyl (C=O) groups excluding carboxylic acids is 4. The summed E-state index contributed by atoms with van der Waals surface area (Å²) in [7, 11) is 6.12. The highest BCUT2D eigenvalue weighted by Crippen LogP contribution is 2.11. The van der Waals surface area contributed by atoms with Crippen LogP contribution < -0.4 is 0 Å². The molecule has 0 aliphatic carbocycles. The minimum absolute atomic E-state index is 0.433. The van der Waals surface area contributed by atoms with Crippen LogP contribution in [0, 0.1) is 0 Å². The van der Waals surface area contributed by atoms with Crippen LogP contribution >= 0.6 is 0 Å². The maximum absolute atomic E-state index is 11.2. The Morgan fingerprint density at radius 2 is 0.569 bits per heavy atom. The van der Waals surface area contributed by atoms with Gasteiger partial charge in [0.05, 0.1) is 26.4 Å². The van der Waals surface area contributed by atoms with E-state index in [1.54, 1.807) is 0 Å². The molecule has 0 unspecified atom stereocenters. The molecule has 16 heteroatoms. The number of nitrogens with zero attached hydrogens (tertiary/aromatic N) is 4. The molecule has 0 fully saturated rings. The van der Waals surface area contributed by atoms with E-state index < -0.39 is 47.0 Å². The summed E-state index contributed by atoms with van der Waals surface area (Å²) in [4.78, 5) is 53.7. The molecule has 0 heterocycles. The average Bonchev–Trinajstić information content (AvgIpc) is 3.15. The average molecular weight is 939 g/mol. The first-order chi connectivity index (χ1) is 29.9. The summed E-state index contributed by atoms with van der Waals surface area (Å²) >= 11 is 0. The zero-order valence-corrected chi connectivity index (χ0v) is 45.5. The lowest BCUT2D eigenvalue weighted by Crippen LogP contribution is -2.25. The molecule has 16 nitrogen and oxygen atoms in total. The first-order valence-corrected chi connectivity index (χ1v) is 24.1. The van der Waals surface area contributed by atoms with E-state index in [1.807, 2.05) is 97.2 Å². The first-order valence-electron chi connectivity index (χ1n) is 24.1. The summed E-state index contributed by atoms with van der Waals surface area (Å²) in [5, 5.41) is 0. The molecular formula is C49H102N4O12. The highest BCUT2D eigenvalue weighted by molar-refractivity contribution is 5.61. The number of ether oxygens (including phenoxy) is 8. The number of rotatable bonds is 25. The van der Waals surface area contributed by atoms with Gasteiger partial charge < -0.3 is 57.5 Å². The van der Waals surface area contributed by atoms with Crippen molar-refractivity contribution in [1.82, 2.24) is 19.6 Å². The molecule has 0 rings (SSSR count). The summed E-state index contributed by atoms with van der Waals surface area (Å²) in [5.41, 5.74) is -1.89. The topological polar surface area (TPSA) is 155 Å². The van der Waals surface area contributed by atoms with E-state index in [4.69, 9.17) is 37.9 Å². The van der Waals surface area contributed by atoms with Crippen LogP contribution in [0.5, 0.6) is 0 Å². The van der Waals surface area contributed by atoms with Gasteiger partial charge in [0.1, 0.15) is 22.4 Å². The number of hydrogen-bond acceptors (Lipinski definition) is 16. The van der Waals surface area contributed by atoms with Crippen LogP contribution in [0.25, 0.3) is 0 Å². The van der Waals surface area contributed by atoms with Crippen molar-refractivity contribution in [3.05, 3.63) is 0 Å². The summed E-state index contributed by atoms with van der Waals surface area (Å²) in [6.45, 7) is 43.9. The lowest BCUT2D eigenvalue weighted by molar-refractivity contribution is -0.00908. The molecule has 0 aromatic carbocycles. The molecular weight excluding hydrogens is 837 g/mol. The van der Waals surface area contributed by atoms with Gasteiger partial charge in [0, 0.05) is 0 Å². The van der Waals surface area contributed by atoms with Crippen molar-refractivity contribution in [1.29, 1.82) is 0 Å². The first kappa shape index (κ1) is 68.5. The largest absolute Gasteiger partial charge is 0.508 e. The minimum atomic E-state index is -0.577. The fraction of sp³-hybridized carbons (Fsp3) is 0.918. The van der Waals surface area contributed by atoms with E-state index in [0.717, 1.165) is 110 Å². The van der Waals surface area contributed by atoms with E-state index in [9.17, 15) is 19.2 Å². The van der Waals surface area contributed by atoms with E-state index >= 15 is 0 Å². The molecule has 390 valence electrons.